The maximum Gasteiger partial charge on any atom is 0.250 e. The standard InChI is InChI=1S/C14H15ClN2O2S/c15-12-4-2-1-3-11(12)5-6-13(18)16-14(20)17-7-9-19-10-8-17/h1-6H,7-10H2,(H,16,18,20). The van der Waals surface area contributed by atoms with Crippen LogP contribution in [0.5, 0.6) is 0 Å². The zero-order valence-corrected chi connectivity index (χ0v) is 12.4. The fourth-order valence-electron chi connectivity index (χ4n) is 1.77. The third-order valence-electron chi connectivity index (χ3n) is 2.85. The molecule has 1 amide bonds. The first-order chi connectivity index (χ1) is 9.66. The number of ether oxygens (including phenoxy) is 1. The van der Waals surface area contributed by atoms with Crippen molar-refractivity contribution in [3.05, 3.63) is 40.9 Å². The molecular weight excluding hydrogens is 296 g/mol. The van der Waals surface area contributed by atoms with E-state index in [-0.39, 0.29) is 5.91 Å². The molecule has 20 heavy (non-hydrogen) atoms. The summed E-state index contributed by atoms with van der Waals surface area (Å²) in [5.41, 5.74) is 0.793. The first kappa shape index (κ1) is 15.0. The molecule has 0 unspecified atom stereocenters. The van der Waals surface area contributed by atoms with Crippen LogP contribution in [0, 0.1) is 0 Å². The number of amides is 1. The van der Waals surface area contributed by atoms with E-state index in [9.17, 15) is 4.79 Å². The number of morpholine rings is 1. The number of nitrogens with one attached hydrogen (secondary N) is 1. The van der Waals surface area contributed by atoms with Crippen LogP contribution in [0.2, 0.25) is 5.02 Å². The Labute approximate surface area is 128 Å². The van der Waals surface area contributed by atoms with Crippen LogP contribution in [0.4, 0.5) is 0 Å². The monoisotopic (exact) mass is 310 g/mol. The molecule has 0 spiro atoms. The van der Waals surface area contributed by atoms with Crippen molar-refractivity contribution in [3.8, 4) is 0 Å². The summed E-state index contributed by atoms with van der Waals surface area (Å²) >= 11 is 11.2. The lowest BCUT2D eigenvalue weighted by Crippen LogP contribution is -2.47. The van der Waals surface area contributed by atoms with E-state index >= 15 is 0 Å². The van der Waals surface area contributed by atoms with Gasteiger partial charge in [0.1, 0.15) is 0 Å². The van der Waals surface area contributed by atoms with Gasteiger partial charge < -0.3 is 9.64 Å². The molecule has 0 radical (unpaired) electrons. The molecule has 0 bridgehead atoms. The molecule has 6 heteroatoms. The van der Waals surface area contributed by atoms with Crippen LogP contribution in [-0.4, -0.2) is 42.2 Å². The number of benzene rings is 1. The highest BCUT2D eigenvalue weighted by molar-refractivity contribution is 7.80. The van der Waals surface area contributed by atoms with Gasteiger partial charge in [-0.25, -0.2) is 0 Å². The van der Waals surface area contributed by atoms with Crippen LogP contribution in [0.3, 0.4) is 0 Å². The van der Waals surface area contributed by atoms with Gasteiger partial charge in [0.25, 0.3) is 0 Å². The van der Waals surface area contributed by atoms with Gasteiger partial charge in [-0.15, -0.1) is 0 Å². The van der Waals surface area contributed by atoms with E-state index in [0.29, 0.717) is 36.4 Å². The van der Waals surface area contributed by atoms with Gasteiger partial charge in [-0.05, 0) is 29.9 Å². The second kappa shape index (κ2) is 7.38. The summed E-state index contributed by atoms with van der Waals surface area (Å²) in [6.07, 6.45) is 3.09. The van der Waals surface area contributed by atoms with Crippen LogP contribution in [0.25, 0.3) is 6.08 Å². The van der Waals surface area contributed by atoms with Crippen molar-refractivity contribution in [3.63, 3.8) is 0 Å². The Bertz CT molecular complexity index is 528. The van der Waals surface area contributed by atoms with E-state index in [1.165, 1.54) is 6.08 Å². The molecule has 0 aliphatic carbocycles. The summed E-state index contributed by atoms with van der Waals surface area (Å²) in [5.74, 6) is -0.263. The fourth-order valence-corrected chi connectivity index (χ4v) is 2.25. The zero-order valence-electron chi connectivity index (χ0n) is 10.8. The van der Waals surface area contributed by atoms with Crippen molar-refractivity contribution >= 4 is 40.9 Å². The molecule has 1 aliphatic rings. The molecule has 1 aromatic carbocycles. The SMILES string of the molecule is O=C(C=Cc1ccccc1Cl)NC(=S)N1CCOCC1. The topological polar surface area (TPSA) is 41.6 Å². The number of hydrogen-bond donors (Lipinski definition) is 1. The van der Waals surface area contributed by atoms with Gasteiger partial charge in [0.15, 0.2) is 5.11 Å². The molecule has 2 rings (SSSR count). The molecule has 106 valence electrons. The Hall–Kier alpha value is -1.43. The molecule has 1 heterocycles. The minimum absolute atomic E-state index is 0.263. The largest absolute Gasteiger partial charge is 0.378 e. The van der Waals surface area contributed by atoms with E-state index in [0.717, 1.165) is 5.56 Å². The van der Waals surface area contributed by atoms with E-state index < -0.39 is 0 Å². The van der Waals surface area contributed by atoms with Gasteiger partial charge in [-0.3, -0.25) is 10.1 Å². The lowest BCUT2D eigenvalue weighted by atomic mass is 10.2. The van der Waals surface area contributed by atoms with Crippen LogP contribution < -0.4 is 5.32 Å². The molecule has 1 saturated heterocycles. The van der Waals surface area contributed by atoms with Gasteiger partial charge in [0.05, 0.1) is 13.2 Å². The number of nitrogens with zero attached hydrogens (tertiary/aromatic N) is 1. The highest BCUT2D eigenvalue weighted by Gasteiger charge is 2.14. The Morgan fingerprint density at radius 3 is 2.75 bits per heavy atom. The van der Waals surface area contributed by atoms with Gasteiger partial charge in [-0.1, -0.05) is 29.8 Å². The summed E-state index contributed by atoms with van der Waals surface area (Å²) < 4.78 is 5.23. The smallest absolute Gasteiger partial charge is 0.250 e. The van der Waals surface area contributed by atoms with Crippen molar-refractivity contribution in [2.45, 2.75) is 0 Å². The number of rotatable bonds is 2. The minimum Gasteiger partial charge on any atom is -0.378 e. The Morgan fingerprint density at radius 1 is 1.35 bits per heavy atom. The third-order valence-corrected chi connectivity index (χ3v) is 3.55. The normalized spacial score (nSPS) is 15.3. The fraction of sp³-hybridized carbons (Fsp3) is 0.286. The van der Waals surface area contributed by atoms with Crippen LogP contribution in [-0.2, 0) is 9.53 Å². The summed E-state index contributed by atoms with van der Waals surface area (Å²) in [7, 11) is 0. The first-order valence-electron chi connectivity index (χ1n) is 6.27. The van der Waals surface area contributed by atoms with Crippen molar-refractivity contribution in [2.24, 2.45) is 0 Å². The van der Waals surface area contributed by atoms with Gasteiger partial charge in [0, 0.05) is 24.2 Å². The average molecular weight is 311 g/mol. The number of halogens is 1. The van der Waals surface area contributed by atoms with E-state index in [1.54, 1.807) is 12.1 Å². The number of thiocarbonyl (C=S) groups is 1. The molecule has 4 nitrogen and oxygen atoms in total. The van der Waals surface area contributed by atoms with Crippen molar-refractivity contribution in [1.29, 1.82) is 0 Å². The highest BCUT2D eigenvalue weighted by atomic mass is 35.5. The van der Waals surface area contributed by atoms with Crippen LogP contribution in [0.15, 0.2) is 30.3 Å². The molecule has 0 aromatic heterocycles. The maximum atomic E-state index is 11.8. The van der Waals surface area contributed by atoms with Gasteiger partial charge in [-0.2, -0.15) is 0 Å². The number of carbonyl (C=O) groups excluding carboxylic acids is 1. The Balaban J connectivity index is 1.89. The number of carbonyl (C=O) groups is 1. The van der Waals surface area contributed by atoms with Gasteiger partial charge in [0.2, 0.25) is 5.91 Å². The first-order valence-corrected chi connectivity index (χ1v) is 7.05. The minimum atomic E-state index is -0.263. The number of hydrogen-bond acceptors (Lipinski definition) is 3. The molecule has 1 aliphatic heterocycles. The molecule has 1 aromatic rings. The molecular formula is C14H15ClN2O2S. The van der Waals surface area contributed by atoms with E-state index in [1.807, 2.05) is 23.1 Å². The Morgan fingerprint density at radius 2 is 2.05 bits per heavy atom. The lowest BCUT2D eigenvalue weighted by molar-refractivity contribution is -0.115. The lowest BCUT2D eigenvalue weighted by Gasteiger charge is -2.28. The zero-order chi connectivity index (χ0) is 14.4. The van der Waals surface area contributed by atoms with Crippen molar-refractivity contribution < 1.29 is 9.53 Å². The average Bonchev–Trinajstić information content (AvgIpc) is 2.47. The summed E-state index contributed by atoms with van der Waals surface area (Å²) in [4.78, 5) is 13.7. The molecule has 0 saturated carbocycles. The van der Waals surface area contributed by atoms with E-state index in [2.05, 4.69) is 5.32 Å². The van der Waals surface area contributed by atoms with Crippen molar-refractivity contribution in [2.75, 3.05) is 26.3 Å². The second-order valence-corrected chi connectivity index (χ2v) is 5.04. The summed E-state index contributed by atoms with van der Waals surface area (Å²) in [6.45, 7) is 2.66. The quantitative estimate of drug-likeness (QED) is 0.671. The van der Waals surface area contributed by atoms with Crippen molar-refractivity contribution in [1.82, 2.24) is 10.2 Å². The molecule has 0 atom stereocenters. The Kier molecular flexibility index (Phi) is 5.52. The predicted molar refractivity (Wildman–Crippen MR) is 83.6 cm³/mol. The van der Waals surface area contributed by atoms with Gasteiger partial charge >= 0.3 is 0 Å². The summed E-state index contributed by atoms with van der Waals surface area (Å²) in [5, 5.41) is 3.71. The van der Waals surface area contributed by atoms with Crippen LogP contribution in [0.1, 0.15) is 5.56 Å². The molecule has 1 fully saturated rings. The van der Waals surface area contributed by atoms with Crippen LogP contribution >= 0.6 is 23.8 Å². The van der Waals surface area contributed by atoms with E-state index in [4.69, 9.17) is 28.6 Å². The maximum absolute atomic E-state index is 11.8. The molecule has 1 N–H and O–H groups in total. The highest BCUT2D eigenvalue weighted by Crippen LogP contribution is 2.15. The summed E-state index contributed by atoms with van der Waals surface area (Å²) in [6, 6.07) is 7.32. The third kappa shape index (κ3) is 4.30. The predicted octanol–water partition coefficient (Wildman–Crippen LogP) is 2.09. The second-order valence-electron chi connectivity index (χ2n) is 4.25.